The molecule has 2 heterocycles. The van der Waals surface area contributed by atoms with Gasteiger partial charge in [0.1, 0.15) is 12.1 Å². The second-order valence-corrected chi connectivity index (χ2v) is 2.90. The largest absolute Gasteiger partial charge is 0.472 e. The van der Waals surface area contributed by atoms with Crippen molar-refractivity contribution in [3.63, 3.8) is 0 Å². The van der Waals surface area contributed by atoms with Gasteiger partial charge in [-0.1, -0.05) is 0 Å². The van der Waals surface area contributed by atoms with Gasteiger partial charge in [-0.25, -0.2) is 0 Å². The van der Waals surface area contributed by atoms with Crippen LogP contribution in [0.2, 0.25) is 0 Å². The molecule has 10 heavy (non-hydrogen) atoms. The van der Waals surface area contributed by atoms with Crippen molar-refractivity contribution in [2.75, 3.05) is 13.2 Å². The minimum absolute atomic E-state index is 0.317. The van der Waals surface area contributed by atoms with Crippen LogP contribution >= 0.6 is 0 Å². The van der Waals surface area contributed by atoms with E-state index in [2.05, 4.69) is 7.05 Å². The summed E-state index contributed by atoms with van der Waals surface area (Å²) >= 11 is 0. The molecule has 2 aliphatic rings. The molecule has 3 atom stereocenters. The second kappa shape index (κ2) is 2.49. The van der Waals surface area contributed by atoms with E-state index in [0.29, 0.717) is 18.2 Å². The van der Waals surface area contributed by atoms with Gasteiger partial charge in [0, 0.05) is 6.61 Å². The predicted octanol–water partition coefficient (Wildman–Crippen LogP) is -1.10. The monoisotopic (exact) mass is 143 g/mol. The minimum Gasteiger partial charge on any atom is -0.472 e. The first-order valence-corrected chi connectivity index (χ1v) is 3.77. The Kier molecular flexibility index (Phi) is 1.64. The van der Waals surface area contributed by atoms with E-state index in [4.69, 9.17) is 9.47 Å². The summed E-state index contributed by atoms with van der Waals surface area (Å²) in [5.41, 5.74) is 0. The predicted molar refractivity (Wildman–Crippen MR) is 35.2 cm³/mol. The Morgan fingerprint density at radius 1 is 1.40 bits per heavy atom. The van der Waals surface area contributed by atoms with Gasteiger partial charge in [0.15, 0.2) is 0 Å². The van der Waals surface area contributed by atoms with Gasteiger partial charge in [-0.15, -0.1) is 0 Å². The molecule has 2 aliphatic heterocycles. The van der Waals surface area contributed by atoms with E-state index in [1.54, 1.807) is 0 Å². The van der Waals surface area contributed by atoms with Crippen LogP contribution in [0.15, 0.2) is 0 Å². The molecule has 0 aromatic rings. The van der Waals surface area contributed by atoms with Crippen molar-refractivity contribution in [3.05, 3.63) is 7.05 Å². The maximum Gasteiger partial charge on any atom is 0.135 e. The molecule has 0 spiro atoms. The summed E-state index contributed by atoms with van der Waals surface area (Å²) in [6, 6.07) is 0.437. The molecular formula is C7H13NO2. The van der Waals surface area contributed by atoms with Crippen molar-refractivity contribution in [3.8, 4) is 0 Å². The summed E-state index contributed by atoms with van der Waals surface area (Å²) < 4.78 is 11.0. The fraction of sp³-hybridized carbons (Fsp3) is 0.857. The van der Waals surface area contributed by atoms with Crippen LogP contribution in [0.4, 0.5) is 0 Å². The van der Waals surface area contributed by atoms with Crippen LogP contribution in [-0.2, 0) is 9.47 Å². The zero-order valence-electron chi connectivity index (χ0n) is 5.95. The van der Waals surface area contributed by atoms with Crippen LogP contribution in [-0.4, -0.2) is 31.5 Å². The van der Waals surface area contributed by atoms with Gasteiger partial charge < -0.3 is 14.8 Å². The lowest BCUT2D eigenvalue weighted by Crippen LogP contribution is -2.87. The molecule has 0 aliphatic carbocycles. The van der Waals surface area contributed by atoms with Crippen molar-refractivity contribution >= 4 is 0 Å². The Morgan fingerprint density at radius 2 is 2.30 bits per heavy atom. The highest BCUT2D eigenvalue weighted by atomic mass is 16.6. The van der Waals surface area contributed by atoms with Crippen LogP contribution in [0, 0.1) is 7.05 Å². The maximum atomic E-state index is 5.48. The van der Waals surface area contributed by atoms with E-state index in [1.807, 2.05) is 5.32 Å². The van der Waals surface area contributed by atoms with E-state index >= 15 is 0 Å². The molecule has 0 amide bonds. The molecule has 2 saturated heterocycles. The first-order valence-electron chi connectivity index (χ1n) is 3.77. The van der Waals surface area contributed by atoms with E-state index < -0.39 is 0 Å². The molecule has 0 bridgehead atoms. The van der Waals surface area contributed by atoms with Gasteiger partial charge in [-0.05, 0) is 6.42 Å². The molecule has 58 valence electrons. The highest BCUT2D eigenvalue weighted by Crippen LogP contribution is 2.24. The normalized spacial score (nSPS) is 45.9. The van der Waals surface area contributed by atoms with Gasteiger partial charge in [-0.3, -0.25) is 0 Å². The average molecular weight is 143 g/mol. The molecule has 2 rings (SSSR count). The van der Waals surface area contributed by atoms with Gasteiger partial charge in [-0.2, -0.15) is 7.05 Å². The zero-order chi connectivity index (χ0) is 6.97. The molecular weight excluding hydrogens is 130 g/mol. The zero-order valence-corrected chi connectivity index (χ0v) is 5.95. The van der Waals surface area contributed by atoms with Crippen molar-refractivity contribution in [1.82, 2.24) is 0 Å². The molecule has 0 radical (unpaired) electrons. The first-order chi connectivity index (χ1) is 4.92. The van der Waals surface area contributed by atoms with Gasteiger partial charge in [0.05, 0.1) is 12.7 Å². The SMILES string of the molecule is [CH2-][NH2+]C1COC2CCOC12. The smallest absolute Gasteiger partial charge is 0.135 e. The fourth-order valence-corrected chi connectivity index (χ4v) is 1.70. The number of rotatable bonds is 1. The third kappa shape index (κ3) is 0.856. The number of hydrogen-bond donors (Lipinski definition) is 1. The summed E-state index contributed by atoms with van der Waals surface area (Å²) in [5, 5.41) is 1.94. The Labute approximate surface area is 60.7 Å². The number of fused-ring (bicyclic) bond motifs is 1. The lowest BCUT2D eigenvalue weighted by Gasteiger charge is -2.14. The Balaban J connectivity index is 2.01. The third-order valence-corrected chi connectivity index (χ3v) is 2.31. The lowest BCUT2D eigenvalue weighted by atomic mass is 10.1. The maximum absolute atomic E-state index is 5.48. The number of nitrogens with two attached hydrogens (primary N) is 1. The Bertz CT molecular complexity index is 129. The minimum atomic E-state index is 0.317. The highest BCUT2D eigenvalue weighted by Gasteiger charge is 2.42. The molecule has 0 aromatic heterocycles. The standard InChI is InChI=1S/C7H13NO2/c1-8-5-4-10-6-2-3-9-7(5)6/h5-7H,1-4,8H2. The molecule has 2 fully saturated rings. The summed E-state index contributed by atoms with van der Waals surface area (Å²) in [5.74, 6) is 0. The Morgan fingerprint density at radius 3 is 3.10 bits per heavy atom. The molecule has 3 unspecified atom stereocenters. The summed E-state index contributed by atoms with van der Waals surface area (Å²) in [7, 11) is 3.74. The van der Waals surface area contributed by atoms with Crippen molar-refractivity contribution < 1.29 is 14.8 Å². The van der Waals surface area contributed by atoms with Crippen LogP contribution in [0.25, 0.3) is 0 Å². The van der Waals surface area contributed by atoms with Crippen molar-refractivity contribution in [2.45, 2.75) is 24.7 Å². The van der Waals surface area contributed by atoms with Crippen molar-refractivity contribution in [2.24, 2.45) is 0 Å². The summed E-state index contributed by atoms with van der Waals surface area (Å²) in [6.45, 7) is 1.67. The third-order valence-electron chi connectivity index (χ3n) is 2.31. The number of quaternary nitrogens is 1. The van der Waals surface area contributed by atoms with Crippen LogP contribution in [0.1, 0.15) is 6.42 Å². The van der Waals surface area contributed by atoms with Crippen LogP contribution in [0.3, 0.4) is 0 Å². The number of hydrogen-bond acceptors (Lipinski definition) is 2. The molecule has 3 nitrogen and oxygen atoms in total. The Hall–Kier alpha value is -0.120. The molecule has 2 N–H and O–H groups in total. The van der Waals surface area contributed by atoms with Gasteiger partial charge in [0.25, 0.3) is 0 Å². The number of ether oxygens (including phenoxy) is 2. The second-order valence-electron chi connectivity index (χ2n) is 2.90. The van der Waals surface area contributed by atoms with Crippen LogP contribution in [0.5, 0.6) is 0 Å². The highest BCUT2D eigenvalue weighted by molar-refractivity contribution is 4.88. The summed E-state index contributed by atoms with van der Waals surface area (Å²) in [6.07, 6.45) is 1.75. The van der Waals surface area contributed by atoms with Crippen LogP contribution < -0.4 is 5.32 Å². The molecule has 0 saturated carbocycles. The lowest BCUT2D eigenvalue weighted by molar-refractivity contribution is -0.638. The van der Waals surface area contributed by atoms with E-state index in [0.717, 1.165) is 19.6 Å². The van der Waals surface area contributed by atoms with Gasteiger partial charge >= 0.3 is 0 Å². The average Bonchev–Trinajstić information content (AvgIpc) is 2.44. The van der Waals surface area contributed by atoms with Gasteiger partial charge in [0.2, 0.25) is 0 Å². The topological polar surface area (TPSA) is 35.1 Å². The molecule has 0 aromatic carbocycles. The molecule has 3 heteroatoms. The quantitative estimate of drug-likeness (QED) is 0.473. The van der Waals surface area contributed by atoms with E-state index in [-0.39, 0.29) is 0 Å². The fourth-order valence-electron chi connectivity index (χ4n) is 1.70. The summed E-state index contributed by atoms with van der Waals surface area (Å²) in [4.78, 5) is 0. The van der Waals surface area contributed by atoms with Crippen molar-refractivity contribution in [1.29, 1.82) is 0 Å². The van der Waals surface area contributed by atoms with E-state index in [9.17, 15) is 0 Å². The van der Waals surface area contributed by atoms with E-state index in [1.165, 1.54) is 0 Å². The first kappa shape index (κ1) is 6.58.